The van der Waals surface area contributed by atoms with Gasteiger partial charge in [0.15, 0.2) is 0 Å². The van der Waals surface area contributed by atoms with E-state index in [1.165, 1.54) is 185 Å². The minimum Gasteiger partial charge on any atom is -0.469 e. The van der Waals surface area contributed by atoms with Gasteiger partial charge in [0.2, 0.25) is 0 Å². The zero-order valence-corrected chi connectivity index (χ0v) is 36.9. The number of unbranched alkanes of at least 4 members (excludes halogenated alkanes) is 27. The lowest BCUT2D eigenvalue weighted by Gasteiger charge is -2.48. The van der Waals surface area contributed by atoms with Crippen molar-refractivity contribution in [3.8, 4) is 0 Å². The van der Waals surface area contributed by atoms with Gasteiger partial charge >= 0.3 is 5.97 Å². The quantitative estimate of drug-likeness (QED) is 0.0385. The SMILES string of the molecule is Br.CCCCCCCCCCCCC(CCCCCCCCCCCC)(C(=O)OC)C(P)(CCCCCCCCCCCC)c1ccccc1. The molecule has 0 saturated carbocycles. The summed E-state index contributed by atoms with van der Waals surface area (Å²) in [5.41, 5.74) is 0.799. The highest BCUT2D eigenvalue weighted by atomic mass is 79.9. The maximum atomic E-state index is 14.3. The number of benzene rings is 1. The van der Waals surface area contributed by atoms with Crippen molar-refractivity contribution in [1.82, 2.24) is 0 Å². The molecular weight excluding hydrogens is 695 g/mol. The molecule has 0 spiro atoms. The molecule has 2 unspecified atom stereocenters. The second-order valence-corrected chi connectivity index (χ2v) is 16.7. The van der Waals surface area contributed by atoms with Gasteiger partial charge in [0, 0.05) is 5.16 Å². The molecule has 0 heterocycles. The third-order valence-electron chi connectivity index (χ3n) is 11.6. The van der Waals surface area contributed by atoms with Crippen LogP contribution in [-0.2, 0) is 14.7 Å². The summed E-state index contributed by atoms with van der Waals surface area (Å²) in [6.45, 7) is 6.89. The number of methoxy groups -OCH3 is 1. The number of halogens is 1. The fourth-order valence-corrected chi connectivity index (χ4v) is 9.07. The largest absolute Gasteiger partial charge is 0.469 e. The first kappa shape index (κ1) is 49.6. The second-order valence-electron chi connectivity index (χ2n) is 15.7. The summed E-state index contributed by atoms with van der Waals surface area (Å²) in [7, 11) is 4.97. The van der Waals surface area contributed by atoms with Gasteiger partial charge in [-0.25, -0.2) is 0 Å². The molecule has 0 radical (unpaired) electrons. The fourth-order valence-electron chi connectivity index (χ4n) is 8.27. The van der Waals surface area contributed by atoms with Gasteiger partial charge < -0.3 is 4.74 Å². The van der Waals surface area contributed by atoms with Crippen LogP contribution in [-0.4, -0.2) is 13.1 Å². The van der Waals surface area contributed by atoms with Gasteiger partial charge in [-0.3, -0.25) is 4.79 Å². The minimum atomic E-state index is -0.507. The number of carbonyl (C=O) groups excluding carboxylic acids is 1. The van der Waals surface area contributed by atoms with Crippen LogP contribution in [0.1, 0.15) is 238 Å². The number of ether oxygens (including phenoxy) is 1. The fraction of sp³-hybridized carbons (Fsp3) is 0.848. The van der Waals surface area contributed by atoms with E-state index in [1.807, 2.05) is 0 Å². The smallest absolute Gasteiger partial charge is 0.313 e. The number of hydrogen-bond acceptors (Lipinski definition) is 2. The van der Waals surface area contributed by atoms with E-state index in [9.17, 15) is 4.79 Å². The molecule has 294 valence electrons. The lowest BCUT2D eigenvalue weighted by atomic mass is 9.63. The molecule has 0 aliphatic rings. The molecule has 0 bridgehead atoms. The van der Waals surface area contributed by atoms with E-state index in [2.05, 4.69) is 60.3 Å². The first-order valence-electron chi connectivity index (χ1n) is 21.9. The second kappa shape index (κ2) is 34.4. The zero-order valence-electron chi connectivity index (χ0n) is 34.0. The van der Waals surface area contributed by atoms with Crippen LogP contribution in [0.2, 0.25) is 0 Å². The predicted molar refractivity (Wildman–Crippen MR) is 232 cm³/mol. The topological polar surface area (TPSA) is 26.3 Å². The standard InChI is InChI=1S/C46H85O2P.BrH/c1-5-8-11-14-17-20-23-26-29-35-40-45(44(47)48-4,41-36-30-27-24-21-18-15-12-9-6-2)46(49,43-38-33-32-34-39-43)42-37-31-28-25-22-19-16-13-10-7-3;/h32-34,38-39H,5-31,35-37,40-42,49H2,1-4H3;1H. The number of carbonyl (C=O) groups is 1. The summed E-state index contributed by atoms with van der Waals surface area (Å²) in [6, 6.07) is 11.1. The summed E-state index contributed by atoms with van der Waals surface area (Å²) in [5, 5.41) is -0.305. The average Bonchev–Trinajstić information content (AvgIpc) is 3.13. The molecule has 2 atom stereocenters. The van der Waals surface area contributed by atoms with Gasteiger partial charge in [-0.2, -0.15) is 0 Å². The van der Waals surface area contributed by atoms with Gasteiger partial charge in [-0.1, -0.05) is 244 Å². The molecule has 0 saturated heterocycles. The van der Waals surface area contributed by atoms with Crippen LogP contribution < -0.4 is 0 Å². The van der Waals surface area contributed by atoms with E-state index < -0.39 is 5.41 Å². The van der Waals surface area contributed by atoms with Crippen molar-refractivity contribution in [2.24, 2.45) is 5.41 Å². The van der Waals surface area contributed by atoms with Gasteiger partial charge in [0.25, 0.3) is 0 Å². The summed E-state index contributed by atoms with van der Waals surface area (Å²) in [5.74, 6) is 0.0327. The molecule has 50 heavy (non-hydrogen) atoms. The normalized spacial score (nSPS) is 12.8. The number of hydrogen-bond donors (Lipinski definition) is 0. The Bertz CT molecular complexity index is 837. The van der Waals surface area contributed by atoms with Crippen LogP contribution in [0.15, 0.2) is 30.3 Å². The summed E-state index contributed by atoms with van der Waals surface area (Å²) in [6.07, 6.45) is 42.6. The van der Waals surface area contributed by atoms with E-state index in [4.69, 9.17) is 4.74 Å². The van der Waals surface area contributed by atoms with Crippen LogP contribution in [0.5, 0.6) is 0 Å². The molecule has 0 aliphatic carbocycles. The Hall–Kier alpha value is -0.400. The number of esters is 1. The van der Waals surface area contributed by atoms with Gasteiger partial charge in [0.1, 0.15) is 0 Å². The lowest BCUT2D eigenvalue weighted by Crippen LogP contribution is -2.48. The van der Waals surface area contributed by atoms with Crippen molar-refractivity contribution in [2.75, 3.05) is 7.11 Å². The maximum absolute atomic E-state index is 14.3. The highest BCUT2D eigenvalue weighted by Gasteiger charge is 2.54. The van der Waals surface area contributed by atoms with Crippen molar-refractivity contribution in [2.45, 2.75) is 238 Å². The van der Waals surface area contributed by atoms with Crippen molar-refractivity contribution < 1.29 is 9.53 Å². The first-order chi connectivity index (χ1) is 24.0. The third kappa shape index (κ3) is 21.3. The lowest BCUT2D eigenvalue weighted by molar-refractivity contribution is -0.157. The molecule has 0 aromatic heterocycles. The predicted octanol–water partition coefficient (Wildman–Crippen LogP) is 16.4. The number of rotatable bonds is 36. The molecule has 0 amide bonds. The van der Waals surface area contributed by atoms with E-state index in [0.29, 0.717) is 0 Å². The van der Waals surface area contributed by atoms with Crippen LogP contribution in [0.3, 0.4) is 0 Å². The van der Waals surface area contributed by atoms with Crippen molar-refractivity contribution in [1.29, 1.82) is 0 Å². The van der Waals surface area contributed by atoms with Crippen molar-refractivity contribution in [3.63, 3.8) is 0 Å². The van der Waals surface area contributed by atoms with E-state index >= 15 is 0 Å². The Morgan fingerprint density at radius 3 is 1.06 bits per heavy atom. The first-order valence-corrected chi connectivity index (χ1v) is 22.5. The molecule has 0 aliphatic heterocycles. The molecule has 1 aromatic rings. The third-order valence-corrected chi connectivity index (χ3v) is 12.7. The Balaban J connectivity index is 0.0000240. The van der Waals surface area contributed by atoms with E-state index in [1.54, 1.807) is 7.11 Å². The highest BCUT2D eigenvalue weighted by molar-refractivity contribution is 8.93. The van der Waals surface area contributed by atoms with E-state index in [0.717, 1.165) is 32.1 Å². The van der Waals surface area contributed by atoms with Crippen LogP contribution in [0, 0.1) is 5.41 Å². The minimum absolute atomic E-state index is 0. The Morgan fingerprint density at radius 2 is 0.760 bits per heavy atom. The van der Waals surface area contributed by atoms with Crippen LogP contribution in [0.4, 0.5) is 0 Å². The van der Waals surface area contributed by atoms with Gasteiger partial charge in [-0.15, -0.1) is 26.2 Å². The Kier molecular flexibility index (Phi) is 34.1. The molecule has 1 aromatic carbocycles. The molecule has 4 heteroatoms. The summed E-state index contributed by atoms with van der Waals surface area (Å²) >= 11 is 0. The molecule has 0 N–H and O–H groups in total. The highest BCUT2D eigenvalue weighted by Crippen LogP contribution is 2.57. The van der Waals surface area contributed by atoms with Crippen LogP contribution >= 0.6 is 26.2 Å². The molecule has 2 nitrogen and oxygen atoms in total. The summed E-state index contributed by atoms with van der Waals surface area (Å²) < 4.78 is 5.82. The zero-order chi connectivity index (χ0) is 35.7. The Morgan fingerprint density at radius 1 is 0.480 bits per heavy atom. The van der Waals surface area contributed by atoms with Crippen molar-refractivity contribution >= 4 is 32.2 Å². The molecular formula is C46H86BrO2P. The monoisotopic (exact) mass is 781 g/mol. The maximum Gasteiger partial charge on any atom is 0.313 e. The summed E-state index contributed by atoms with van der Waals surface area (Å²) in [4.78, 5) is 14.3. The Labute approximate surface area is 326 Å². The molecule has 0 fully saturated rings. The average molecular weight is 782 g/mol. The van der Waals surface area contributed by atoms with Gasteiger partial charge in [0.05, 0.1) is 12.5 Å². The van der Waals surface area contributed by atoms with Gasteiger partial charge in [-0.05, 0) is 24.8 Å². The van der Waals surface area contributed by atoms with Crippen molar-refractivity contribution in [3.05, 3.63) is 35.9 Å². The van der Waals surface area contributed by atoms with E-state index in [-0.39, 0.29) is 28.1 Å². The van der Waals surface area contributed by atoms with Crippen LogP contribution in [0.25, 0.3) is 0 Å². The molecule has 1 rings (SSSR count).